The Morgan fingerprint density at radius 3 is 2.26 bits per heavy atom. The zero-order chi connectivity index (χ0) is 19.4. The number of hydrogen-bond donors (Lipinski definition) is 0. The lowest BCUT2D eigenvalue weighted by molar-refractivity contribution is -0.132. The van der Waals surface area contributed by atoms with E-state index in [2.05, 4.69) is 0 Å². The molecule has 0 radical (unpaired) electrons. The molecule has 27 heavy (non-hydrogen) atoms. The van der Waals surface area contributed by atoms with Gasteiger partial charge in [0.15, 0.2) is 11.5 Å². The van der Waals surface area contributed by atoms with Gasteiger partial charge in [0, 0.05) is 44.6 Å². The van der Waals surface area contributed by atoms with Crippen molar-refractivity contribution >= 4 is 17.6 Å². The van der Waals surface area contributed by atoms with Crippen LogP contribution in [-0.2, 0) is 4.79 Å². The number of rotatable bonds is 5. The SMILES string of the molecule is Cc1ccc(C(=O)CCC(=O)N2CCN(C(=O)c3ccco3)CC2)cc1C. The van der Waals surface area contributed by atoms with Crippen molar-refractivity contribution in [2.24, 2.45) is 0 Å². The molecule has 1 fully saturated rings. The minimum atomic E-state index is -0.156. The number of carbonyl (C=O) groups is 3. The zero-order valence-electron chi connectivity index (χ0n) is 15.7. The largest absolute Gasteiger partial charge is 0.459 e. The van der Waals surface area contributed by atoms with Gasteiger partial charge in [0.2, 0.25) is 5.91 Å². The quantitative estimate of drug-likeness (QED) is 0.761. The number of Topliss-reactive ketones (excluding diaryl/α,β-unsaturated/α-hetero) is 1. The van der Waals surface area contributed by atoms with E-state index in [9.17, 15) is 14.4 Å². The Kier molecular flexibility index (Phi) is 5.74. The lowest BCUT2D eigenvalue weighted by Crippen LogP contribution is -2.50. The third kappa shape index (κ3) is 4.45. The number of furan rings is 1. The van der Waals surface area contributed by atoms with Crippen LogP contribution in [0.5, 0.6) is 0 Å². The second-order valence-corrected chi connectivity index (χ2v) is 6.87. The predicted molar refractivity (Wildman–Crippen MR) is 101 cm³/mol. The van der Waals surface area contributed by atoms with Crippen molar-refractivity contribution in [2.75, 3.05) is 26.2 Å². The molecular weight excluding hydrogens is 344 g/mol. The number of ketones is 1. The summed E-state index contributed by atoms with van der Waals surface area (Å²) in [5.41, 5.74) is 2.87. The van der Waals surface area contributed by atoms with E-state index in [4.69, 9.17) is 4.42 Å². The number of piperazine rings is 1. The molecule has 1 aliphatic rings. The Morgan fingerprint density at radius 2 is 1.63 bits per heavy atom. The normalized spacial score (nSPS) is 14.3. The summed E-state index contributed by atoms with van der Waals surface area (Å²) in [4.78, 5) is 40.4. The molecule has 1 aromatic carbocycles. The Hall–Kier alpha value is -2.89. The van der Waals surface area contributed by atoms with E-state index in [0.29, 0.717) is 37.5 Å². The van der Waals surface area contributed by atoms with E-state index in [0.717, 1.165) is 11.1 Å². The second kappa shape index (κ2) is 8.20. The maximum atomic E-state index is 12.4. The van der Waals surface area contributed by atoms with Crippen LogP contribution in [0.15, 0.2) is 41.0 Å². The average molecular weight is 368 g/mol. The molecule has 0 aliphatic carbocycles. The molecule has 1 saturated heterocycles. The molecule has 2 heterocycles. The summed E-state index contributed by atoms with van der Waals surface area (Å²) < 4.78 is 5.14. The monoisotopic (exact) mass is 368 g/mol. The summed E-state index contributed by atoms with van der Waals surface area (Å²) in [7, 11) is 0. The fraction of sp³-hybridized carbons (Fsp3) is 0.381. The molecule has 0 atom stereocenters. The van der Waals surface area contributed by atoms with Crippen molar-refractivity contribution in [1.82, 2.24) is 9.80 Å². The van der Waals surface area contributed by atoms with E-state index in [1.54, 1.807) is 21.9 Å². The third-order valence-corrected chi connectivity index (χ3v) is 5.05. The Bertz CT molecular complexity index is 834. The molecule has 2 amide bonds. The molecule has 3 rings (SSSR count). The molecule has 6 heteroatoms. The molecule has 0 saturated carbocycles. The number of amides is 2. The number of carbonyl (C=O) groups excluding carboxylic acids is 3. The van der Waals surface area contributed by atoms with Gasteiger partial charge in [-0.3, -0.25) is 14.4 Å². The molecule has 0 unspecified atom stereocenters. The second-order valence-electron chi connectivity index (χ2n) is 6.87. The third-order valence-electron chi connectivity index (χ3n) is 5.05. The molecule has 142 valence electrons. The average Bonchev–Trinajstić information content (AvgIpc) is 3.22. The van der Waals surface area contributed by atoms with Gasteiger partial charge in [0.25, 0.3) is 5.91 Å². The molecule has 2 aromatic rings. The minimum Gasteiger partial charge on any atom is -0.459 e. The lowest BCUT2D eigenvalue weighted by atomic mass is 10.0. The molecule has 0 spiro atoms. The summed E-state index contributed by atoms with van der Waals surface area (Å²) in [5, 5.41) is 0. The fourth-order valence-corrected chi connectivity index (χ4v) is 3.15. The van der Waals surface area contributed by atoms with Gasteiger partial charge in [0.05, 0.1) is 6.26 Å². The van der Waals surface area contributed by atoms with Crippen molar-refractivity contribution in [2.45, 2.75) is 26.7 Å². The van der Waals surface area contributed by atoms with Gasteiger partial charge in [-0.1, -0.05) is 12.1 Å². The summed E-state index contributed by atoms with van der Waals surface area (Å²) in [6.07, 6.45) is 1.87. The summed E-state index contributed by atoms with van der Waals surface area (Å²) in [6, 6.07) is 8.94. The molecule has 0 bridgehead atoms. The van der Waals surface area contributed by atoms with Crippen LogP contribution in [0.1, 0.15) is 44.9 Å². The van der Waals surface area contributed by atoms with Gasteiger partial charge < -0.3 is 14.2 Å². The van der Waals surface area contributed by atoms with E-state index in [1.165, 1.54) is 6.26 Å². The predicted octanol–water partition coefficient (Wildman–Crippen LogP) is 2.84. The Balaban J connectivity index is 1.47. The van der Waals surface area contributed by atoms with Crippen LogP contribution in [0.25, 0.3) is 0 Å². The van der Waals surface area contributed by atoms with Crippen LogP contribution in [0.4, 0.5) is 0 Å². The summed E-state index contributed by atoms with van der Waals surface area (Å²) >= 11 is 0. The highest BCUT2D eigenvalue weighted by molar-refractivity contribution is 5.98. The number of benzene rings is 1. The first-order valence-corrected chi connectivity index (χ1v) is 9.16. The van der Waals surface area contributed by atoms with E-state index in [-0.39, 0.29) is 30.4 Å². The highest BCUT2D eigenvalue weighted by Gasteiger charge is 2.26. The van der Waals surface area contributed by atoms with Gasteiger partial charge in [-0.2, -0.15) is 0 Å². The van der Waals surface area contributed by atoms with E-state index in [1.807, 2.05) is 32.0 Å². The highest BCUT2D eigenvalue weighted by Crippen LogP contribution is 2.14. The zero-order valence-corrected chi connectivity index (χ0v) is 15.7. The van der Waals surface area contributed by atoms with Gasteiger partial charge in [-0.15, -0.1) is 0 Å². The van der Waals surface area contributed by atoms with Gasteiger partial charge >= 0.3 is 0 Å². The number of hydrogen-bond acceptors (Lipinski definition) is 4. The molecular formula is C21H24N2O4. The first kappa shape index (κ1) is 18.9. The van der Waals surface area contributed by atoms with Crippen molar-refractivity contribution < 1.29 is 18.8 Å². The summed E-state index contributed by atoms with van der Waals surface area (Å²) in [5.74, 6) is 0.0983. The highest BCUT2D eigenvalue weighted by atomic mass is 16.3. The Labute approximate surface area is 158 Å². The molecule has 6 nitrogen and oxygen atoms in total. The van der Waals surface area contributed by atoms with Crippen LogP contribution in [0.2, 0.25) is 0 Å². The maximum absolute atomic E-state index is 12.4. The van der Waals surface area contributed by atoms with Gasteiger partial charge in [-0.05, 0) is 43.2 Å². The topological polar surface area (TPSA) is 70.8 Å². The molecule has 1 aromatic heterocycles. The number of nitrogens with zero attached hydrogens (tertiary/aromatic N) is 2. The van der Waals surface area contributed by atoms with Crippen molar-refractivity contribution in [3.63, 3.8) is 0 Å². The lowest BCUT2D eigenvalue weighted by Gasteiger charge is -2.34. The number of aryl methyl sites for hydroxylation is 2. The van der Waals surface area contributed by atoms with E-state index < -0.39 is 0 Å². The van der Waals surface area contributed by atoms with Crippen LogP contribution < -0.4 is 0 Å². The van der Waals surface area contributed by atoms with Crippen molar-refractivity contribution in [3.05, 3.63) is 59.0 Å². The standard InChI is InChI=1S/C21H24N2O4/c1-15-5-6-17(14-16(15)2)18(24)7-8-20(25)22-9-11-23(12-10-22)21(26)19-4-3-13-27-19/h3-6,13-14H,7-12H2,1-2H3. The smallest absolute Gasteiger partial charge is 0.289 e. The maximum Gasteiger partial charge on any atom is 0.289 e. The van der Waals surface area contributed by atoms with Gasteiger partial charge in [0.1, 0.15) is 0 Å². The molecule has 1 aliphatic heterocycles. The molecule has 0 N–H and O–H groups in total. The van der Waals surface area contributed by atoms with E-state index >= 15 is 0 Å². The van der Waals surface area contributed by atoms with Crippen LogP contribution in [0.3, 0.4) is 0 Å². The van der Waals surface area contributed by atoms with Crippen molar-refractivity contribution in [1.29, 1.82) is 0 Å². The fourth-order valence-electron chi connectivity index (χ4n) is 3.15. The van der Waals surface area contributed by atoms with Crippen LogP contribution in [0, 0.1) is 13.8 Å². The van der Waals surface area contributed by atoms with Gasteiger partial charge in [-0.25, -0.2) is 0 Å². The minimum absolute atomic E-state index is 0.0157. The summed E-state index contributed by atoms with van der Waals surface area (Å²) in [6.45, 7) is 5.86. The van der Waals surface area contributed by atoms with Crippen LogP contribution in [-0.4, -0.2) is 53.6 Å². The van der Waals surface area contributed by atoms with Crippen molar-refractivity contribution in [3.8, 4) is 0 Å². The Morgan fingerprint density at radius 1 is 0.926 bits per heavy atom. The van der Waals surface area contributed by atoms with Crippen LogP contribution >= 0.6 is 0 Å². The first-order valence-electron chi connectivity index (χ1n) is 9.16. The first-order chi connectivity index (χ1) is 13.0.